The summed E-state index contributed by atoms with van der Waals surface area (Å²) in [6.07, 6.45) is 8.72. The largest absolute Gasteiger partial charge is 0.468 e. The number of esters is 1. The molecule has 4 nitrogen and oxygen atoms in total. The Bertz CT molecular complexity index is 525. The van der Waals surface area contributed by atoms with Gasteiger partial charge in [-0.05, 0) is 36.3 Å². The summed E-state index contributed by atoms with van der Waals surface area (Å²) in [6, 6.07) is 5.77. The van der Waals surface area contributed by atoms with E-state index in [1.54, 1.807) is 6.20 Å². The summed E-state index contributed by atoms with van der Waals surface area (Å²) >= 11 is 0. The van der Waals surface area contributed by atoms with E-state index in [-0.39, 0.29) is 17.9 Å². The molecule has 0 bridgehead atoms. The van der Waals surface area contributed by atoms with Crippen molar-refractivity contribution in [2.75, 3.05) is 20.2 Å². The zero-order valence-corrected chi connectivity index (χ0v) is 13.2. The summed E-state index contributed by atoms with van der Waals surface area (Å²) in [5, 5.41) is 3.24. The first-order valence-corrected chi connectivity index (χ1v) is 7.92. The van der Waals surface area contributed by atoms with Crippen LogP contribution in [0.15, 0.2) is 24.4 Å². The number of pyridine rings is 1. The molecule has 0 saturated heterocycles. The van der Waals surface area contributed by atoms with Crippen LogP contribution in [0, 0.1) is 17.3 Å². The highest BCUT2D eigenvalue weighted by molar-refractivity contribution is 5.71. The highest BCUT2D eigenvalue weighted by Crippen LogP contribution is 2.38. The summed E-state index contributed by atoms with van der Waals surface area (Å²) in [4.78, 5) is 15.5. The monoisotopic (exact) mass is 300 g/mol. The van der Waals surface area contributed by atoms with Gasteiger partial charge in [0.25, 0.3) is 0 Å². The summed E-state index contributed by atoms with van der Waals surface area (Å²) in [6.45, 7) is 1.09. The second kappa shape index (κ2) is 8.55. The van der Waals surface area contributed by atoms with Gasteiger partial charge in [0, 0.05) is 19.2 Å². The molecule has 2 rings (SSSR count). The number of rotatable bonds is 5. The van der Waals surface area contributed by atoms with Crippen LogP contribution < -0.4 is 5.32 Å². The molecule has 4 heteroatoms. The lowest BCUT2D eigenvalue weighted by molar-refractivity contribution is -0.139. The van der Waals surface area contributed by atoms with Gasteiger partial charge in [-0.1, -0.05) is 31.2 Å². The number of methoxy groups -OCH3 is 1. The number of nitrogens with one attached hydrogen (secondary N) is 1. The van der Waals surface area contributed by atoms with Crippen LogP contribution in [-0.2, 0) is 9.53 Å². The minimum absolute atomic E-state index is 0.175. The quantitative estimate of drug-likeness (QED) is 0.670. The van der Waals surface area contributed by atoms with E-state index in [4.69, 9.17) is 0 Å². The smallest absolute Gasteiger partial charge is 0.319 e. The van der Waals surface area contributed by atoms with Gasteiger partial charge < -0.3 is 10.1 Å². The number of carbonyl (C=O) groups excluding carboxylic acids is 1. The van der Waals surface area contributed by atoms with Crippen molar-refractivity contribution in [2.24, 2.45) is 5.41 Å². The Hall–Kier alpha value is -1.86. The number of hydrogen-bond donors (Lipinski definition) is 1. The van der Waals surface area contributed by atoms with Gasteiger partial charge in [0.1, 0.15) is 5.69 Å². The van der Waals surface area contributed by atoms with Gasteiger partial charge in [-0.3, -0.25) is 4.79 Å². The highest BCUT2D eigenvalue weighted by atomic mass is 16.5. The van der Waals surface area contributed by atoms with E-state index in [2.05, 4.69) is 26.9 Å². The van der Waals surface area contributed by atoms with E-state index < -0.39 is 0 Å². The van der Waals surface area contributed by atoms with Crippen LogP contribution in [0.2, 0.25) is 0 Å². The van der Waals surface area contributed by atoms with E-state index in [0.29, 0.717) is 0 Å². The van der Waals surface area contributed by atoms with E-state index in [1.807, 2.05) is 18.2 Å². The minimum Gasteiger partial charge on any atom is -0.468 e. The van der Waals surface area contributed by atoms with Gasteiger partial charge in [-0.15, -0.1) is 0 Å². The molecule has 1 aromatic rings. The van der Waals surface area contributed by atoms with Crippen molar-refractivity contribution in [3.05, 3.63) is 30.1 Å². The maximum Gasteiger partial charge on any atom is 0.319 e. The van der Waals surface area contributed by atoms with Crippen molar-refractivity contribution in [1.82, 2.24) is 10.3 Å². The second-order valence-electron chi connectivity index (χ2n) is 5.93. The third-order valence-electron chi connectivity index (χ3n) is 4.26. The molecule has 0 spiro atoms. The lowest BCUT2D eigenvalue weighted by atomic mass is 9.72. The van der Waals surface area contributed by atoms with Gasteiger partial charge >= 0.3 is 5.97 Å². The zero-order valence-electron chi connectivity index (χ0n) is 13.2. The Morgan fingerprint density at radius 2 is 2.18 bits per heavy atom. The number of carbonyl (C=O) groups is 1. The lowest BCUT2D eigenvalue weighted by Crippen LogP contribution is -2.38. The molecule has 1 aromatic heterocycles. The van der Waals surface area contributed by atoms with Crippen LogP contribution in [0.3, 0.4) is 0 Å². The number of aromatic nitrogens is 1. The average molecular weight is 300 g/mol. The van der Waals surface area contributed by atoms with Crippen LogP contribution in [0.1, 0.15) is 44.2 Å². The molecule has 1 fully saturated rings. The molecule has 118 valence electrons. The standard InChI is InChI=1S/C18H24N2O2/c1-22-17(21)14-19-15-18(10-4-2-5-11-18)12-7-9-16-8-3-6-13-20-16/h3,6,8,13,19H,2,4-5,10-12,14-15H2,1H3. The average Bonchev–Trinajstić information content (AvgIpc) is 2.56. The van der Waals surface area contributed by atoms with E-state index in [1.165, 1.54) is 26.4 Å². The van der Waals surface area contributed by atoms with Crippen LogP contribution in [0.5, 0.6) is 0 Å². The fourth-order valence-electron chi connectivity index (χ4n) is 2.98. The van der Waals surface area contributed by atoms with Gasteiger partial charge in [0.15, 0.2) is 0 Å². The van der Waals surface area contributed by atoms with Gasteiger partial charge in [-0.2, -0.15) is 0 Å². The number of hydrogen-bond acceptors (Lipinski definition) is 4. The van der Waals surface area contributed by atoms with Crippen LogP contribution in [0.4, 0.5) is 0 Å². The molecular weight excluding hydrogens is 276 g/mol. The Morgan fingerprint density at radius 3 is 2.86 bits per heavy atom. The van der Waals surface area contributed by atoms with Crippen molar-refractivity contribution >= 4 is 5.97 Å². The summed E-state index contributed by atoms with van der Waals surface area (Å²) < 4.78 is 4.67. The molecule has 1 aliphatic rings. The normalized spacial score (nSPS) is 16.4. The van der Waals surface area contributed by atoms with Gasteiger partial charge in [0.2, 0.25) is 0 Å². The Kier molecular flexibility index (Phi) is 6.42. The maximum atomic E-state index is 11.2. The highest BCUT2D eigenvalue weighted by Gasteiger charge is 2.31. The second-order valence-corrected chi connectivity index (χ2v) is 5.93. The van der Waals surface area contributed by atoms with Crippen molar-refractivity contribution in [3.8, 4) is 11.8 Å². The molecular formula is C18H24N2O2. The predicted molar refractivity (Wildman–Crippen MR) is 86.1 cm³/mol. The van der Waals surface area contributed by atoms with Gasteiger partial charge in [-0.25, -0.2) is 4.98 Å². The van der Waals surface area contributed by atoms with Crippen LogP contribution in [-0.4, -0.2) is 31.2 Å². The Balaban J connectivity index is 1.93. The lowest BCUT2D eigenvalue weighted by Gasteiger charge is -2.36. The molecule has 0 aliphatic heterocycles. The fourth-order valence-corrected chi connectivity index (χ4v) is 2.98. The SMILES string of the molecule is COC(=O)CNCC1(CC#Cc2ccccn2)CCCCC1. The van der Waals surface area contributed by atoms with E-state index >= 15 is 0 Å². The zero-order chi connectivity index (χ0) is 15.7. The molecule has 0 amide bonds. The molecule has 0 unspecified atom stereocenters. The third kappa shape index (κ3) is 5.16. The fraction of sp³-hybridized carbons (Fsp3) is 0.556. The van der Waals surface area contributed by atoms with Crippen molar-refractivity contribution in [1.29, 1.82) is 0 Å². The van der Waals surface area contributed by atoms with Crippen molar-refractivity contribution in [2.45, 2.75) is 38.5 Å². The topological polar surface area (TPSA) is 51.2 Å². The molecule has 0 aromatic carbocycles. The number of ether oxygens (including phenoxy) is 1. The van der Waals surface area contributed by atoms with Crippen LogP contribution >= 0.6 is 0 Å². The summed E-state index contributed by atoms with van der Waals surface area (Å²) in [7, 11) is 1.42. The molecule has 1 heterocycles. The molecule has 22 heavy (non-hydrogen) atoms. The van der Waals surface area contributed by atoms with Crippen LogP contribution in [0.25, 0.3) is 0 Å². The van der Waals surface area contributed by atoms with E-state index in [9.17, 15) is 4.79 Å². The first kappa shape index (κ1) is 16.5. The molecule has 0 radical (unpaired) electrons. The first-order valence-electron chi connectivity index (χ1n) is 7.92. The van der Waals surface area contributed by atoms with Crippen molar-refractivity contribution in [3.63, 3.8) is 0 Å². The van der Waals surface area contributed by atoms with E-state index in [0.717, 1.165) is 31.5 Å². The van der Waals surface area contributed by atoms with Gasteiger partial charge in [0.05, 0.1) is 13.7 Å². The molecule has 1 aliphatic carbocycles. The minimum atomic E-state index is -0.217. The third-order valence-corrected chi connectivity index (χ3v) is 4.26. The van der Waals surface area contributed by atoms with Crippen molar-refractivity contribution < 1.29 is 9.53 Å². The summed E-state index contributed by atoms with van der Waals surface area (Å²) in [5.41, 5.74) is 0.990. The first-order chi connectivity index (χ1) is 10.7. The molecule has 0 atom stereocenters. The Labute approximate surface area is 132 Å². The predicted octanol–water partition coefficient (Wildman–Crippen LogP) is 2.54. The molecule has 1 N–H and O–H groups in total. The molecule has 1 saturated carbocycles. The number of nitrogens with zero attached hydrogens (tertiary/aromatic N) is 1. The summed E-state index contributed by atoms with van der Waals surface area (Å²) in [5.74, 6) is 6.23. The Morgan fingerprint density at radius 1 is 1.36 bits per heavy atom. The maximum absolute atomic E-state index is 11.2.